The number of benzene rings is 1. The van der Waals surface area contributed by atoms with Crippen LogP contribution in [0.1, 0.15) is 82.2 Å². The Hall–Kier alpha value is -4.52. The highest BCUT2D eigenvalue weighted by molar-refractivity contribution is 7.91. The maximum absolute atomic E-state index is 14.8. The highest BCUT2D eigenvalue weighted by Crippen LogP contribution is 2.47. The molecule has 2 aromatic heterocycles. The van der Waals surface area contributed by atoms with Crippen molar-refractivity contribution in [1.29, 1.82) is 0 Å². The van der Waals surface area contributed by atoms with E-state index in [1.165, 1.54) is 35.4 Å². The maximum Gasteiger partial charge on any atom is 0.317 e. The number of thiazole rings is 1. The monoisotopic (exact) mass is 897 g/mol. The van der Waals surface area contributed by atoms with Gasteiger partial charge in [0.2, 0.25) is 21.8 Å². The van der Waals surface area contributed by atoms with Crippen molar-refractivity contribution in [2.75, 3.05) is 41.0 Å². The van der Waals surface area contributed by atoms with Crippen LogP contribution in [0.2, 0.25) is 5.02 Å². The summed E-state index contributed by atoms with van der Waals surface area (Å²) >= 11 is 8.34. The highest BCUT2D eigenvalue weighted by Gasteiger charge is 2.62. The summed E-state index contributed by atoms with van der Waals surface area (Å²) in [7, 11) is 0.751. The lowest BCUT2D eigenvalue weighted by atomic mass is 10.0. The number of allylic oxidation sites excluding steroid dienone is 1. The Balaban J connectivity index is 1.13. The summed E-state index contributed by atoms with van der Waals surface area (Å²) in [5.41, 5.74) is 0.460. The third-order valence-electron chi connectivity index (χ3n) is 12.2. The molecular formula is C42H52ClN7O9S2. The Morgan fingerprint density at radius 3 is 2.62 bits per heavy atom. The molecule has 1 saturated heterocycles. The van der Waals surface area contributed by atoms with Crippen LogP contribution in [-0.4, -0.2) is 122 Å². The van der Waals surface area contributed by atoms with Crippen LogP contribution in [0.3, 0.4) is 0 Å². The molecule has 8 rings (SSSR count). The van der Waals surface area contributed by atoms with Crippen LogP contribution in [0.4, 0.5) is 4.79 Å². The van der Waals surface area contributed by atoms with Crippen LogP contribution in [0.15, 0.2) is 35.7 Å². The Kier molecular flexibility index (Phi) is 12.5. The third-order valence-corrected chi connectivity index (χ3v) is 15.3. The van der Waals surface area contributed by atoms with Crippen molar-refractivity contribution in [3.8, 4) is 22.2 Å². The Bertz CT molecular complexity index is 2340. The van der Waals surface area contributed by atoms with E-state index in [0.717, 1.165) is 31.4 Å². The van der Waals surface area contributed by atoms with Gasteiger partial charge in [-0.15, -0.1) is 11.3 Å². The number of carbonyl (C=O) groups excluding carboxylic acids is 4. The van der Waals surface area contributed by atoms with Gasteiger partial charge < -0.3 is 34.6 Å². The lowest BCUT2D eigenvalue weighted by molar-refractivity contribution is -0.141. The fraction of sp³-hybridized carbons (Fsp3) is 0.571. The number of likely N-dealkylation sites (N-methyl/N-ethyl adjacent to an activating group) is 1. The number of carbonyl (C=O) groups is 4. The van der Waals surface area contributed by atoms with Gasteiger partial charge in [-0.05, 0) is 63.5 Å². The molecule has 19 heteroatoms. The summed E-state index contributed by atoms with van der Waals surface area (Å²) < 4.78 is 45.6. The Morgan fingerprint density at radius 1 is 1.08 bits per heavy atom. The number of nitrogens with zero attached hydrogens (tertiary/aromatic N) is 4. The van der Waals surface area contributed by atoms with Crippen LogP contribution in [0, 0.1) is 5.92 Å². The molecule has 0 unspecified atom stereocenters. The zero-order valence-electron chi connectivity index (χ0n) is 34.5. The second-order valence-corrected chi connectivity index (χ2v) is 19.9. The smallest absolute Gasteiger partial charge is 0.317 e. The molecule has 3 saturated carbocycles. The average molecular weight is 899 g/mol. The number of methoxy groups -OCH3 is 2. The topological polar surface area (TPSA) is 198 Å². The van der Waals surface area contributed by atoms with Crippen molar-refractivity contribution in [2.45, 2.75) is 106 Å². The summed E-state index contributed by atoms with van der Waals surface area (Å²) in [6, 6.07) is 2.71. The predicted molar refractivity (Wildman–Crippen MR) is 229 cm³/mol. The Labute approximate surface area is 364 Å². The van der Waals surface area contributed by atoms with Gasteiger partial charge in [-0.3, -0.25) is 19.1 Å². The van der Waals surface area contributed by atoms with Gasteiger partial charge in [0.15, 0.2) is 0 Å². The molecule has 328 valence electrons. The Morgan fingerprint density at radius 2 is 1.89 bits per heavy atom. The molecule has 1 aromatic carbocycles. The van der Waals surface area contributed by atoms with Crippen molar-refractivity contribution in [2.24, 2.45) is 5.92 Å². The van der Waals surface area contributed by atoms with Gasteiger partial charge >= 0.3 is 6.03 Å². The van der Waals surface area contributed by atoms with E-state index in [4.69, 9.17) is 35.8 Å². The molecule has 0 spiro atoms. The summed E-state index contributed by atoms with van der Waals surface area (Å²) in [5.74, 6) is -1.08. The summed E-state index contributed by atoms with van der Waals surface area (Å²) in [6.45, 7) is 0.561. The molecule has 5 atom stereocenters. The third kappa shape index (κ3) is 9.32. The van der Waals surface area contributed by atoms with E-state index in [1.54, 1.807) is 25.2 Å². The predicted octanol–water partition coefficient (Wildman–Crippen LogP) is 4.91. The van der Waals surface area contributed by atoms with E-state index < -0.39 is 68.7 Å². The fourth-order valence-corrected chi connectivity index (χ4v) is 10.7. The van der Waals surface area contributed by atoms with Crippen LogP contribution in [-0.2, 0) is 29.1 Å². The van der Waals surface area contributed by atoms with Gasteiger partial charge in [-0.1, -0.05) is 36.6 Å². The molecular weight excluding hydrogens is 846 g/mol. The fourth-order valence-electron chi connectivity index (χ4n) is 8.16. The van der Waals surface area contributed by atoms with Crippen molar-refractivity contribution < 1.29 is 41.8 Å². The number of nitrogens with one attached hydrogen (secondary N) is 3. The molecule has 3 aromatic rings. The number of amides is 5. The molecule has 4 fully saturated rings. The number of urea groups is 1. The number of hydrogen-bond donors (Lipinski definition) is 3. The lowest BCUT2D eigenvalue weighted by Gasteiger charge is -2.30. The van der Waals surface area contributed by atoms with Crippen LogP contribution in [0.25, 0.3) is 21.6 Å². The standard InChI is InChI=1S/C42H52ClN7O9S2/c1-49(17-18-57-2)41(54)46-29-10-8-6-4-5-7-9-25-21-42(25,40(53)48-61(55,56)27-13-14-27)47-37(51)32-19-26(22-50(32)39(29)52)59-34-20-30(38-45-31(23-60-38)24-11-12-24)44-36-28(34)15-16-33(58-3)35(36)43/h7,9,15-16,20,23-27,29,32H,4-6,8,10-14,17-19,21-22H2,1-3H3,(H,46,54)(H,47,51)(H,48,53)/b9-7-/t25-,26-,29+,32+,42-/m1/s1. The molecule has 61 heavy (non-hydrogen) atoms. The first-order valence-corrected chi connectivity index (χ1v) is 23.8. The number of ether oxygens (including phenoxy) is 3. The number of pyridine rings is 1. The van der Waals surface area contributed by atoms with Gasteiger partial charge in [0.1, 0.15) is 50.9 Å². The minimum absolute atomic E-state index is 0.0245. The van der Waals surface area contributed by atoms with E-state index in [2.05, 4.69) is 15.4 Å². The zero-order valence-corrected chi connectivity index (χ0v) is 36.9. The van der Waals surface area contributed by atoms with Crippen molar-refractivity contribution >= 4 is 67.6 Å². The zero-order chi connectivity index (χ0) is 43.1. The SMILES string of the molecule is COCCN(C)C(=O)N[C@H]1CCCCC/C=C\[C@@H]2C[C@@]2(C(=O)NS(=O)(=O)C2CC2)NC(=O)[C@@H]2C[C@@H](Oc3cc(-c4nc(C5CC5)cs4)nc4c(Cl)c(OC)ccc34)CN2C1=O. The summed E-state index contributed by atoms with van der Waals surface area (Å²) in [6.07, 6.45) is 9.60. The van der Waals surface area contributed by atoms with E-state index >= 15 is 0 Å². The molecule has 0 bridgehead atoms. The van der Waals surface area contributed by atoms with E-state index in [-0.39, 0.29) is 24.4 Å². The molecule has 4 heterocycles. The van der Waals surface area contributed by atoms with Crippen LogP contribution < -0.4 is 24.8 Å². The van der Waals surface area contributed by atoms with Gasteiger partial charge in [-0.25, -0.2) is 23.2 Å². The minimum Gasteiger partial charge on any atom is -0.495 e. The van der Waals surface area contributed by atoms with Crippen LogP contribution in [0.5, 0.6) is 11.5 Å². The average Bonchev–Trinajstić information content (AvgIpc) is 4.20. The first kappa shape index (κ1) is 43.1. The normalized spacial score (nSPS) is 26.3. The number of halogens is 1. The molecule has 3 aliphatic carbocycles. The van der Waals surface area contributed by atoms with E-state index in [9.17, 15) is 27.6 Å². The van der Waals surface area contributed by atoms with Crippen molar-refractivity contribution in [3.63, 3.8) is 0 Å². The van der Waals surface area contributed by atoms with E-state index in [0.29, 0.717) is 84.3 Å². The second-order valence-electron chi connectivity index (χ2n) is 16.7. The second kappa shape index (κ2) is 17.7. The molecule has 16 nitrogen and oxygen atoms in total. The lowest BCUT2D eigenvalue weighted by Crippen LogP contribution is -2.58. The molecule has 2 aliphatic heterocycles. The first-order chi connectivity index (χ1) is 29.3. The van der Waals surface area contributed by atoms with Crippen molar-refractivity contribution in [3.05, 3.63) is 46.4 Å². The van der Waals surface area contributed by atoms with Gasteiger partial charge in [-0.2, -0.15) is 0 Å². The largest absolute Gasteiger partial charge is 0.495 e. The molecule has 5 aliphatic rings. The van der Waals surface area contributed by atoms with Crippen molar-refractivity contribution in [1.82, 2.24) is 35.1 Å². The number of rotatable bonds is 12. The number of hydrogen-bond acceptors (Lipinski definition) is 12. The molecule has 0 radical (unpaired) electrons. The number of aromatic nitrogens is 2. The summed E-state index contributed by atoms with van der Waals surface area (Å²) in [5, 5.41) is 8.78. The molecule has 5 amide bonds. The highest BCUT2D eigenvalue weighted by atomic mass is 35.5. The quantitative estimate of drug-likeness (QED) is 0.209. The maximum atomic E-state index is 14.8. The van der Waals surface area contributed by atoms with Gasteiger partial charge in [0.05, 0.1) is 36.7 Å². The van der Waals surface area contributed by atoms with E-state index in [1.807, 2.05) is 17.5 Å². The molecule has 3 N–H and O–H groups in total. The van der Waals surface area contributed by atoms with Crippen LogP contribution >= 0.6 is 22.9 Å². The first-order valence-electron chi connectivity index (χ1n) is 21.0. The minimum atomic E-state index is -3.92. The van der Waals surface area contributed by atoms with Gasteiger partial charge in [0.25, 0.3) is 5.91 Å². The summed E-state index contributed by atoms with van der Waals surface area (Å²) in [4.78, 5) is 69.4. The van der Waals surface area contributed by atoms with Gasteiger partial charge in [0, 0.05) is 55.8 Å². The number of fused-ring (bicyclic) bond motifs is 3. The number of sulfonamides is 1.